The lowest BCUT2D eigenvalue weighted by Gasteiger charge is -2.45. The lowest BCUT2D eigenvalue weighted by Crippen LogP contribution is -2.54. The minimum absolute atomic E-state index is 0.0347. The molecule has 0 amide bonds. The average molecular weight is 260 g/mol. The van der Waals surface area contributed by atoms with Crippen LogP contribution in [-0.4, -0.2) is 29.7 Å². The largest absolute Gasteiger partial charge is 0.391 e. The normalized spacial score (nSPS) is 35.1. The van der Waals surface area contributed by atoms with E-state index in [1.165, 1.54) is 0 Å². The van der Waals surface area contributed by atoms with Crippen LogP contribution in [0.2, 0.25) is 0 Å². The Labute approximate surface area is 106 Å². The van der Waals surface area contributed by atoms with Crippen LogP contribution in [0.4, 0.5) is 13.2 Å². The Balaban J connectivity index is 2.14. The first-order valence-electron chi connectivity index (χ1n) is 6.71. The van der Waals surface area contributed by atoms with E-state index in [1.807, 2.05) is 4.90 Å². The van der Waals surface area contributed by atoms with Crippen LogP contribution in [0.1, 0.15) is 44.9 Å². The number of piperidine rings is 1. The highest BCUT2D eigenvalue weighted by Crippen LogP contribution is 2.44. The van der Waals surface area contributed by atoms with Gasteiger partial charge in [0.05, 0.1) is 12.0 Å². The minimum Gasteiger partial charge on any atom is -0.286 e. The predicted octanol–water partition coefficient (Wildman–Crippen LogP) is 3.49. The maximum Gasteiger partial charge on any atom is 0.391 e. The van der Waals surface area contributed by atoms with Crippen molar-refractivity contribution in [3.05, 3.63) is 0 Å². The highest BCUT2D eigenvalue weighted by Gasteiger charge is 2.50. The second-order valence-corrected chi connectivity index (χ2v) is 5.53. The van der Waals surface area contributed by atoms with Crippen molar-refractivity contribution in [3.8, 4) is 6.07 Å². The van der Waals surface area contributed by atoms with Crippen LogP contribution in [0.5, 0.6) is 0 Å². The van der Waals surface area contributed by atoms with Gasteiger partial charge in [0, 0.05) is 0 Å². The van der Waals surface area contributed by atoms with Gasteiger partial charge in [0.2, 0.25) is 0 Å². The molecule has 0 radical (unpaired) electrons. The quantitative estimate of drug-likeness (QED) is 0.721. The third-order valence-electron chi connectivity index (χ3n) is 4.36. The molecule has 0 N–H and O–H groups in total. The zero-order chi connectivity index (χ0) is 13.2. The van der Waals surface area contributed by atoms with Crippen molar-refractivity contribution < 1.29 is 13.2 Å². The van der Waals surface area contributed by atoms with Gasteiger partial charge in [-0.2, -0.15) is 18.4 Å². The summed E-state index contributed by atoms with van der Waals surface area (Å²) in [7, 11) is 0. The van der Waals surface area contributed by atoms with Crippen LogP contribution in [0, 0.1) is 17.2 Å². The van der Waals surface area contributed by atoms with Crippen LogP contribution < -0.4 is 0 Å². The Hall–Kier alpha value is -0.760. The Morgan fingerprint density at radius 2 is 1.78 bits per heavy atom. The maximum absolute atomic E-state index is 12.9. The van der Waals surface area contributed by atoms with E-state index in [0.29, 0.717) is 12.8 Å². The number of nitrogens with zero attached hydrogens (tertiary/aromatic N) is 2. The molecule has 2 aliphatic rings. The lowest BCUT2D eigenvalue weighted by molar-refractivity contribution is -0.191. The third-order valence-corrected chi connectivity index (χ3v) is 4.36. The average Bonchev–Trinajstić information content (AvgIpc) is 2.39. The Kier molecular flexibility index (Phi) is 3.86. The van der Waals surface area contributed by atoms with Gasteiger partial charge in [-0.3, -0.25) is 4.90 Å². The number of hydrogen-bond donors (Lipinski definition) is 0. The van der Waals surface area contributed by atoms with Crippen molar-refractivity contribution in [1.29, 1.82) is 5.26 Å². The second kappa shape index (κ2) is 5.08. The smallest absolute Gasteiger partial charge is 0.286 e. The summed E-state index contributed by atoms with van der Waals surface area (Å²) < 4.78 is 38.6. The standard InChI is InChI=1S/C13H19F3N2/c14-13(15,16)11-5-4-6-12(9-11,10-17)18-7-2-1-3-8-18/h11H,1-9H2. The molecule has 0 bridgehead atoms. The fourth-order valence-corrected chi connectivity index (χ4v) is 3.31. The van der Waals surface area contributed by atoms with Gasteiger partial charge in [0.25, 0.3) is 0 Å². The van der Waals surface area contributed by atoms with Crippen LogP contribution in [-0.2, 0) is 0 Å². The monoisotopic (exact) mass is 260 g/mol. The van der Waals surface area contributed by atoms with E-state index in [0.717, 1.165) is 32.4 Å². The number of hydrogen-bond acceptors (Lipinski definition) is 2. The van der Waals surface area contributed by atoms with Crippen molar-refractivity contribution in [2.45, 2.75) is 56.7 Å². The summed E-state index contributed by atoms with van der Waals surface area (Å²) in [5.41, 5.74) is -0.862. The molecule has 0 aromatic heterocycles. The number of alkyl halides is 3. The maximum atomic E-state index is 12.9. The molecule has 1 aliphatic heterocycles. The highest BCUT2D eigenvalue weighted by atomic mass is 19.4. The predicted molar refractivity (Wildman–Crippen MR) is 61.8 cm³/mol. The number of rotatable bonds is 1. The molecule has 1 heterocycles. The zero-order valence-electron chi connectivity index (χ0n) is 10.5. The first-order chi connectivity index (χ1) is 8.48. The van der Waals surface area contributed by atoms with E-state index < -0.39 is 17.6 Å². The molecule has 102 valence electrons. The van der Waals surface area contributed by atoms with Gasteiger partial charge in [-0.15, -0.1) is 0 Å². The van der Waals surface area contributed by atoms with Crippen LogP contribution >= 0.6 is 0 Å². The molecule has 2 nitrogen and oxygen atoms in total. The van der Waals surface area contributed by atoms with Gasteiger partial charge in [-0.1, -0.05) is 6.42 Å². The van der Waals surface area contributed by atoms with Gasteiger partial charge in [-0.05, 0) is 51.6 Å². The zero-order valence-corrected chi connectivity index (χ0v) is 10.5. The molecule has 18 heavy (non-hydrogen) atoms. The molecule has 1 saturated heterocycles. The Morgan fingerprint density at radius 1 is 1.11 bits per heavy atom. The van der Waals surface area contributed by atoms with Crippen LogP contribution in [0.15, 0.2) is 0 Å². The van der Waals surface area contributed by atoms with Crippen LogP contribution in [0.3, 0.4) is 0 Å². The van der Waals surface area contributed by atoms with Crippen molar-refractivity contribution in [2.75, 3.05) is 13.1 Å². The summed E-state index contributed by atoms with van der Waals surface area (Å²) in [4.78, 5) is 2.01. The SMILES string of the molecule is N#CC1(N2CCCCC2)CCCC(C(F)(F)F)C1. The summed E-state index contributed by atoms with van der Waals surface area (Å²) in [6, 6.07) is 2.22. The minimum atomic E-state index is -4.15. The number of nitriles is 1. The summed E-state index contributed by atoms with van der Waals surface area (Å²) >= 11 is 0. The van der Waals surface area contributed by atoms with Crippen molar-refractivity contribution in [2.24, 2.45) is 5.92 Å². The van der Waals surface area contributed by atoms with Gasteiger partial charge < -0.3 is 0 Å². The second-order valence-electron chi connectivity index (χ2n) is 5.53. The first-order valence-corrected chi connectivity index (χ1v) is 6.71. The van der Waals surface area contributed by atoms with E-state index in [2.05, 4.69) is 6.07 Å². The molecule has 0 spiro atoms. The van der Waals surface area contributed by atoms with E-state index in [9.17, 15) is 18.4 Å². The summed E-state index contributed by atoms with van der Waals surface area (Å²) in [5.74, 6) is -1.30. The van der Waals surface area contributed by atoms with E-state index in [-0.39, 0.29) is 12.8 Å². The van der Waals surface area contributed by atoms with Crippen molar-refractivity contribution >= 4 is 0 Å². The van der Waals surface area contributed by atoms with E-state index in [1.54, 1.807) is 0 Å². The molecular weight excluding hydrogens is 241 g/mol. The third kappa shape index (κ3) is 2.64. The van der Waals surface area contributed by atoms with Crippen molar-refractivity contribution in [3.63, 3.8) is 0 Å². The summed E-state index contributed by atoms with van der Waals surface area (Å²) in [6.45, 7) is 1.55. The van der Waals surface area contributed by atoms with Gasteiger partial charge in [0.1, 0.15) is 5.54 Å². The first kappa shape index (κ1) is 13.7. The summed E-state index contributed by atoms with van der Waals surface area (Å²) in [6.07, 6.45) is 0.220. The highest BCUT2D eigenvalue weighted by molar-refractivity contribution is 5.12. The molecule has 1 aliphatic carbocycles. The summed E-state index contributed by atoms with van der Waals surface area (Å²) in [5, 5.41) is 9.42. The molecular formula is C13H19F3N2. The van der Waals surface area contributed by atoms with E-state index in [4.69, 9.17) is 0 Å². The fraction of sp³-hybridized carbons (Fsp3) is 0.923. The Morgan fingerprint density at radius 3 is 2.33 bits per heavy atom. The molecule has 2 atom stereocenters. The lowest BCUT2D eigenvalue weighted by atomic mass is 9.74. The topological polar surface area (TPSA) is 27.0 Å². The molecule has 2 fully saturated rings. The van der Waals surface area contributed by atoms with E-state index >= 15 is 0 Å². The molecule has 2 rings (SSSR count). The molecule has 0 aromatic rings. The molecule has 2 unspecified atom stereocenters. The molecule has 5 heteroatoms. The number of halogens is 3. The fourth-order valence-electron chi connectivity index (χ4n) is 3.31. The van der Waals surface area contributed by atoms with Gasteiger partial charge in [0.15, 0.2) is 0 Å². The van der Waals surface area contributed by atoms with Crippen LogP contribution in [0.25, 0.3) is 0 Å². The molecule has 0 aromatic carbocycles. The number of likely N-dealkylation sites (tertiary alicyclic amines) is 1. The Bertz CT molecular complexity index is 328. The molecule has 1 saturated carbocycles. The van der Waals surface area contributed by atoms with Gasteiger partial charge in [-0.25, -0.2) is 0 Å². The van der Waals surface area contributed by atoms with Crippen molar-refractivity contribution in [1.82, 2.24) is 4.90 Å². The van der Waals surface area contributed by atoms with Gasteiger partial charge >= 0.3 is 6.18 Å².